The van der Waals surface area contributed by atoms with Gasteiger partial charge in [-0.3, -0.25) is 9.59 Å². The zero-order valence-electron chi connectivity index (χ0n) is 18.4. The first kappa shape index (κ1) is 22.7. The SMILES string of the molecule is CCOC(=O)[C@H]1CCCN(C(=O)C2CCN(S(=O)(=O)c3ccc4ccccc4c3)CC2)C1. The van der Waals surface area contributed by atoms with Crippen molar-refractivity contribution in [3.8, 4) is 0 Å². The number of amides is 1. The molecule has 2 heterocycles. The Bertz CT molecular complexity index is 1090. The number of sulfonamides is 1. The van der Waals surface area contributed by atoms with E-state index in [1.807, 2.05) is 30.3 Å². The standard InChI is InChI=1S/C24H30N2O5S/c1-2-31-24(28)21-8-5-13-25(17-21)23(27)19-11-14-26(15-12-19)32(29,30)22-10-9-18-6-3-4-7-20(18)16-22/h3-4,6-7,9-10,16,19,21H,2,5,8,11-15,17H2,1H3/t21-/m0/s1. The Kier molecular flexibility index (Phi) is 6.81. The molecule has 0 unspecified atom stereocenters. The first-order valence-corrected chi connectivity index (χ1v) is 12.8. The predicted octanol–water partition coefficient (Wildman–Crippen LogP) is 3.04. The fourth-order valence-corrected chi connectivity index (χ4v) is 6.21. The van der Waals surface area contributed by atoms with Gasteiger partial charge >= 0.3 is 5.97 Å². The summed E-state index contributed by atoms with van der Waals surface area (Å²) < 4.78 is 32.9. The van der Waals surface area contributed by atoms with Crippen LogP contribution in [0.1, 0.15) is 32.6 Å². The van der Waals surface area contributed by atoms with E-state index in [1.54, 1.807) is 24.0 Å². The van der Waals surface area contributed by atoms with Gasteiger partial charge in [-0.2, -0.15) is 4.31 Å². The molecule has 2 aromatic carbocycles. The number of rotatable bonds is 5. The Morgan fingerprint density at radius 2 is 1.69 bits per heavy atom. The Hall–Kier alpha value is -2.45. The van der Waals surface area contributed by atoms with Crippen LogP contribution < -0.4 is 0 Å². The van der Waals surface area contributed by atoms with Crippen LogP contribution in [0.15, 0.2) is 47.4 Å². The molecule has 4 rings (SSSR count). The molecule has 2 saturated heterocycles. The van der Waals surface area contributed by atoms with Gasteiger partial charge in [0.25, 0.3) is 0 Å². The van der Waals surface area contributed by atoms with E-state index in [0.717, 1.165) is 23.6 Å². The van der Waals surface area contributed by atoms with Crippen molar-refractivity contribution in [1.29, 1.82) is 0 Å². The van der Waals surface area contributed by atoms with Crippen molar-refractivity contribution < 1.29 is 22.7 Å². The third kappa shape index (κ3) is 4.66. The highest BCUT2D eigenvalue weighted by Gasteiger charge is 2.36. The summed E-state index contributed by atoms with van der Waals surface area (Å²) in [6.07, 6.45) is 2.51. The van der Waals surface area contributed by atoms with Crippen molar-refractivity contribution in [2.45, 2.75) is 37.5 Å². The average molecular weight is 459 g/mol. The fourth-order valence-electron chi connectivity index (χ4n) is 4.71. The van der Waals surface area contributed by atoms with Crippen LogP contribution in [0.4, 0.5) is 0 Å². The summed E-state index contributed by atoms with van der Waals surface area (Å²) in [7, 11) is -3.61. The number of fused-ring (bicyclic) bond motifs is 1. The Labute approximate surface area is 189 Å². The van der Waals surface area contributed by atoms with E-state index in [4.69, 9.17) is 4.74 Å². The number of hydrogen-bond acceptors (Lipinski definition) is 5. The maximum absolute atomic E-state index is 13.2. The number of likely N-dealkylation sites (tertiary alicyclic amines) is 1. The minimum Gasteiger partial charge on any atom is -0.466 e. The van der Waals surface area contributed by atoms with Crippen LogP contribution in [0.2, 0.25) is 0 Å². The van der Waals surface area contributed by atoms with E-state index in [1.165, 1.54) is 4.31 Å². The molecule has 0 radical (unpaired) electrons. The smallest absolute Gasteiger partial charge is 0.310 e. The molecule has 1 amide bonds. The van der Waals surface area contributed by atoms with E-state index in [0.29, 0.717) is 45.6 Å². The molecular formula is C24H30N2O5S. The average Bonchev–Trinajstić information content (AvgIpc) is 2.83. The fraction of sp³-hybridized carbons (Fsp3) is 0.500. The van der Waals surface area contributed by atoms with Crippen molar-refractivity contribution in [3.05, 3.63) is 42.5 Å². The van der Waals surface area contributed by atoms with Crippen molar-refractivity contribution in [2.24, 2.45) is 11.8 Å². The molecular weight excluding hydrogens is 428 g/mol. The highest BCUT2D eigenvalue weighted by Crippen LogP contribution is 2.28. The van der Waals surface area contributed by atoms with Gasteiger partial charge in [-0.1, -0.05) is 30.3 Å². The molecule has 0 aliphatic carbocycles. The van der Waals surface area contributed by atoms with E-state index in [2.05, 4.69) is 0 Å². The van der Waals surface area contributed by atoms with Gasteiger partial charge in [0.15, 0.2) is 0 Å². The van der Waals surface area contributed by atoms with Crippen LogP contribution in [0.3, 0.4) is 0 Å². The first-order chi connectivity index (χ1) is 15.4. The van der Waals surface area contributed by atoms with Gasteiger partial charge in [-0.25, -0.2) is 8.42 Å². The van der Waals surface area contributed by atoms with Gasteiger partial charge in [-0.15, -0.1) is 0 Å². The molecule has 2 fully saturated rings. The second-order valence-corrected chi connectivity index (χ2v) is 10.5. The molecule has 2 aromatic rings. The monoisotopic (exact) mass is 458 g/mol. The third-order valence-corrected chi connectivity index (χ3v) is 8.41. The summed E-state index contributed by atoms with van der Waals surface area (Å²) in [6, 6.07) is 12.9. The van der Waals surface area contributed by atoms with Gasteiger partial charge < -0.3 is 9.64 Å². The maximum atomic E-state index is 13.2. The lowest BCUT2D eigenvalue weighted by molar-refractivity contribution is -0.152. The summed E-state index contributed by atoms with van der Waals surface area (Å²) in [5.41, 5.74) is 0. The lowest BCUT2D eigenvalue weighted by Crippen LogP contribution is -2.48. The molecule has 32 heavy (non-hydrogen) atoms. The second kappa shape index (κ2) is 9.58. The molecule has 172 valence electrons. The number of benzene rings is 2. The van der Waals surface area contributed by atoms with Crippen LogP contribution in [-0.4, -0.2) is 62.3 Å². The predicted molar refractivity (Wildman–Crippen MR) is 121 cm³/mol. The number of esters is 1. The lowest BCUT2D eigenvalue weighted by Gasteiger charge is -2.36. The molecule has 1 atom stereocenters. The molecule has 0 spiro atoms. The van der Waals surface area contributed by atoms with Crippen molar-refractivity contribution in [2.75, 3.05) is 32.8 Å². The lowest BCUT2D eigenvalue weighted by atomic mass is 9.93. The number of carbonyl (C=O) groups excluding carboxylic acids is 2. The van der Waals surface area contributed by atoms with Crippen LogP contribution in [0, 0.1) is 11.8 Å². The summed E-state index contributed by atoms with van der Waals surface area (Å²) in [5.74, 6) is -0.678. The van der Waals surface area contributed by atoms with Crippen molar-refractivity contribution in [1.82, 2.24) is 9.21 Å². The minimum absolute atomic E-state index is 0.0294. The number of hydrogen-bond donors (Lipinski definition) is 0. The van der Waals surface area contributed by atoms with Crippen LogP contribution in [0.5, 0.6) is 0 Å². The normalized spacial score (nSPS) is 20.9. The van der Waals surface area contributed by atoms with Crippen LogP contribution in [0.25, 0.3) is 10.8 Å². The van der Waals surface area contributed by atoms with E-state index >= 15 is 0 Å². The van der Waals surface area contributed by atoms with Gasteiger partial charge in [0, 0.05) is 32.1 Å². The molecule has 2 aliphatic rings. The maximum Gasteiger partial charge on any atom is 0.310 e. The van der Waals surface area contributed by atoms with E-state index < -0.39 is 10.0 Å². The van der Waals surface area contributed by atoms with Crippen molar-refractivity contribution >= 4 is 32.7 Å². The zero-order chi connectivity index (χ0) is 22.7. The van der Waals surface area contributed by atoms with Gasteiger partial charge in [0.2, 0.25) is 15.9 Å². The van der Waals surface area contributed by atoms with Crippen LogP contribution >= 0.6 is 0 Å². The third-order valence-electron chi connectivity index (χ3n) is 6.51. The number of ether oxygens (including phenoxy) is 1. The molecule has 0 bridgehead atoms. The van der Waals surface area contributed by atoms with Gasteiger partial charge in [-0.05, 0) is 55.5 Å². The zero-order valence-corrected chi connectivity index (χ0v) is 19.2. The van der Waals surface area contributed by atoms with E-state index in [-0.39, 0.29) is 28.6 Å². The number of piperidine rings is 2. The molecule has 0 saturated carbocycles. The topological polar surface area (TPSA) is 84.0 Å². The molecule has 0 N–H and O–H groups in total. The molecule has 8 heteroatoms. The summed E-state index contributed by atoms with van der Waals surface area (Å²) in [5, 5.41) is 1.89. The van der Waals surface area contributed by atoms with Gasteiger partial charge in [0.1, 0.15) is 0 Å². The van der Waals surface area contributed by atoms with Crippen molar-refractivity contribution in [3.63, 3.8) is 0 Å². The van der Waals surface area contributed by atoms with Crippen LogP contribution in [-0.2, 0) is 24.3 Å². The van der Waals surface area contributed by atoms with Gasteiger partial charge in [0.05, 0.1) is 17.4 Å². The first-order valence-electron chi connectivity index (χ1n) is 11.3. The summed E-state index contributed by atoms with van der Waals surface area (Å²) >= 11 is 0. The largest absolute Gasteiger partial charge is 0.466 e. The molecule has 0 aromatic heterocycles. The highest BCUT2D eigenvalue weighted by atomic mass is 32.2. The molecule has 7 nitrogen and oxygen atoms in total. The Morgan fingerprint density at radius 3 is 2.41 bits per heavy atom. The highest BCUT2D eigenvalue weighted by molar-refractivity contribution is 7.89. The molecule has 2 aliphatic heterocycles. The second-order valence-electron chi connectivity index (χ2n) is 8.56. The summed E-state index contributed by atoms with van der Waals surface area (Å²) in [4.78, 5) is 27.2. The number of carbonyl (C=O) groups is 2. The Balaban J connectivity index is 1.38. The summed E-state index contributed by atoms with van der Waals surface area (Å²) in [6.45, 7) is 3.80. The van der Waals surface area contributed by atoms with E-state index in [9.17, 15) is 18.0 Å². The Morgan fingerprint density at radius 1 is 0.969 bits per heavy atom. The minimum atomic E-state index is -3.61. The quantitative estimate of drug-likeness (QED) is 0.643. The number of nitrogens with zero attached hydrogens (tertiary/aromatic N) is 2.